The highest BCUT2D eigenvalue weighted by molar-refractivity contribution is 6.31. The van der Waals surface area contributed by atoms with Crippen LogP contribution in [0.25, 0.3) is 11.1 Å². The van der Waals surface area contributed by atoms with Crippen LogP contribution in [0.1, 0.15) is 15.9 Å². The van der Waals surface area contributed by atoms with Crippen molar-refractivity contribution in [3.05, 3.63) is 58.1 Å². The van der Waals surface area contributed by atoms with Gasteiger partial charge in [-0.2, -0.15) is 0 Å². The van der Waals surface area contributed by atoms with E-state index in [2.05, 4.69) is 0 Å². The Morgan fingerprint density at radius 2 is 1.79 bits per heavy atom. The van der Waals surface area contributed by atoms with E-state index in [0.29, 0.717) is 0 Å². The molecule has 1 N–H and O–H groups in total. The van der Waals surface area contributed by atoms with Crippen LogP contribution in [0, 0.1) is 18.6 Å². The second kappa shape index (κ2) is 4.97. The summed E-state index contributed by atoms with van der Waals surface area (Å²) in [4.78, 5) is 11.1. The summed E-state index contributed by atoms with van der Waals surface area (Å²) < 4.78 is 27.4. The number of aromatic carboxylic acids is 1. The normalized spacial score (nSPS) is 10.5. The number of carbonyl (C=O) groups is 1. The molecule has 0 aromatic heterocycles. The van der Waals surface area contributed by atoms with Crippen LogP contribution >= 0.6 is 11.6 Å². The SMILES string of the molecule is Cc1cc(F)c(-c2cc(Cl)ccc2C(=O)O)cc1F. The Balaban J connectivity index is 2.74. The summed E-state index contributed by atoms with van der Waals surface area (Å²) in [5.74, 6) is -2.52. The monoisotopic (exact) mass is 282 g/mol. The minimum absolute atomic E-state index is 0.0522. The van der Waals surface area contributed by atoms with E-state index in [0.717, 1.165) is 12.1 Å². The van der Waals surface area contributed by atoms with Crippen molar-refractivity contribution < 1.29 is 18.7 Å². The van der Waals surface area contributed by atoms with E-state index in [1.807, 2.05) is 0 Å². The van der Waals surface area contributed by atoms with Gasteiger partial charge in [0.05, 0.1) is 5.56 Å². The lowest BCUT2D eigenvalue weighted by molar-refractivity contribution is 0.0697. The highest BCUT2D eigenvalue weighted by Crippen LogP contribution is 2.30. The highest BCUT2D eigenvalue weighted by Gasteiger charge is 2.17. The van der Waals surface area contributed by atoms with Crippen LogP contribution < -0.4 is 0 Å². The maximum atomic E-state index is 13.9. The van der Waals surface area contributed by atoms with Gasteiger partial charge in [-0.25, -0.2) is 13.6 Å². The zero-order valence-electron chi connectivity index (χ0n) is 9.88. The van der Waals surface area contributed by atoms with Gasteiger partial charge >= 0.3 is 5.97 Å². The number of halogens is 3. The molecule has 98 valence electrons. The molecule has 2 aromatic carbocycles. The zero-order chi connectivity index (χ0) is 14.2. The van der Waals surface area contributed by atoms with Crippen LogP contribution in [-0.4, -0.2) is 11.1 Å². The van der Waals surface area contributed by atoms with Crippen molar-refractivity contribution in [2.24, 2.45) is 0 Å². The molecule has 0 saturated carbocycles. The van der Waals surface area contributed by atoms with Crippen molar-refractivity contribution in [3.63, 3.8) is 0 Å². The summed E-state index contributed by atoms with van der Waals surface area (Å²) in [5, 5.41) is 9.32. The Morgan fingerprint density at radius 1 is 1.11 bits per heavy atom. The van der Waals surface area contributed by atoms with Gasteiger partial charge in [-0.15, -0.1) is 0 Å². The van der Waals surface area contributed by atoms with E-state index in [9.17, 15) is 13.6 Å². The first-order chi connectivity index (χ1) is 8.90. The molecule has 0 bridgehead atoms. The first-order valence-corrected chi connectivity index (χ1v) is 5.77. The molecule has 2 nitrogen and oxygen atoms in total. The fraction of sp³-hybridized carbons (Fsp3) is 0.0714. The van der Waals surface area contributed by atoms with Gasteiger partial charge in [-0.1, -0.05) is 11.6 Å². The second-order valence-corrected chi connectivity index (χ2v) is 4.51. The molecular weight excluding hydrogens is 274 g/mol. The highest BCUT2D eigenvalue weighted by atomic mass is 35.5. The topological polar surface area (TPSA) is 37.3 Å². The van der Waals surface area contributed by atoms with E-state index in [4.69, 9.17) is 16.7 Å². The fourth-order valence-electron chi connectivity index (χ4n) is 1.78. The maximum Gasteiger partial charge on any atom is 0.336 e. The Hall–Kier alpha value is -1.94. The van der Waals surface area contributed by atoms with Crippen LogP contribution in [0.5, 0.6) is 0 Å². The minimum atomic E-state index is -1.23. The summed E-state index contributed by atoms with van der Waals surface area (Å²) in [7, 11) is 0. The molecule has 2 rings (SSSR count). The summed E-state index contributed by atoms with van der Waals surface area (Å²) in [6, 6.07) is 5.95. The van der Waals surface area contributed by atoms with Gasteiger partial charge in [0, 0.05) is 16.1 Å². The third kappa shape index (κ3) is 2.58. The van der Waals surface area contributed by atoms with Gasteiger partial charge in [0.15, 0.2) is 0 Å². The molecule has 0 aliphatic carbocycles. The zero-order valence-corrected chi connectivity index (χ0v) is 10.6. The quantitative estimate of drug-likeness (QED) is 0.892. The second-order valence-electron chi connectivity index (χ2n) is 4.08. The van der Waals surface area contributed by atoms with Crippen LogP contribution in [0.15, 0.2) is 30.3 Å². The number of hydrogen-bond donors (Lipinski definition) is 1. The van der Waals surface area contributed by atoms with Gasteiger partial charge in [0.25, 0.3) is 0 Å². The summed E-state index contributed by atoms with van der Waals surface area (Å²) in [5.41, 5.74) is -0.0499. The molecule has 19 heavy (non-hydrogen) atoms. The molecule has 0 fully saturated rings. The molecule has 0 saturated heterocycles. The molecule has 5 heteroatoms. The predicted molar refractivity (Wildman–Crippen MR) is 68.5 cm³/mol. The van der Waals surface area contributed by atoms with Crippen molar-refractivity contribution >= 4 is 17.6 Å². The Morgan fingerprint density at radius 3 is 2.42 bits per heavy atom. The number of benzene rings is 2. The van der Waals surface area contributed by atoms with Crippen molar-refractivity contribution in [1.82, 2.24) is 0 Å². The Labute approximate surface area is 113 Å². The average molecular weight is 283 g/mol. The predicted octanol–water partition coefficient (Wildman–Crippen LogP) is 4.29. The van der Waals surface area contributed by atoms with Gasteiger partial charge in [-0.3, -0.25) is 0 Å². The van der Waals surface area contributed by atoms with Crippen LogP contribution in [0.3, 0.4) is 0 Å². The lowest BCUT2D eigenvalue weighted by Crippen LogP contribution is -2.01. The van der Waals surface area contributed by atoms with E-state index in [1.165, 1.54) is 25.1 Å². The molecule has 0 amide bonds. The molecule has 2 aromatic rings. The molecular formula is C14H9ClF2O2. The number of carboxylic acid groups (broad SMARTS) is 1. The van der Waals surface area contributed by atoms with Crippen molar-refractivity contribution in [3.8, 4) is 11.1 Å². The minimum Gasteiger partial charge on any atom is -0.478 e. The summed E-state index contributed by atoms with van der Waals surface area (Å²) >= 11 is 5.79. The lowest BCUT2D eigenvalue weighted by atomic mass is 9.98. The third-order valence-electron chi connectivity index (χ3n) is 2.75. The van der Waals surface area contributed by atoms with Crippen LogP contribution in [-0.2, 0) is 0 Å². The number of hydrogen-bond acceptors (Lipinski definition) is 1. The van der Waals surface area contributed by atoms with E-state index in [-0.39, 0.29) is 27.3 Å². The standard InChI is InChI=1S/C14H9ClF2O2/c1-7-4-13(17)11(6-12(7)16)10-5-8(15)2-3-9(10)14(18)19/h2-6H,1H3,(H,18,19). The van der Waals surface area contributed by atoms with Gasteiger partial charge in [0.2, 0.25) is 0 Å². The van der Waals surface area contributed by atoms with Gasteiger partial charge < -0.3 is 5.11 Å². The van der Waals surface area contributed by atoms with Crippen molar-refractivity contribution in [1.29, 1.82) is 0 Å². The molecule has 0 heterocycles. The van der Waals surface area contributed by atoms with Crippen LogP contribution in [0.4, 0.5) is 8.78 Å². The summed E-state index contributed by atoms with van der Waals surface area (Å²) in [6.07, 6.45) is 0. The maximum absolute atomic E-state index is 13.9. The average Bonchev–Trinajstić information content (AvgIpc) is 2.33. The molecule has 0 aliphatic rings. The van der Waals surface area contributed by atoms with Gasteiger partial charge in [-0.05, 0) is 42.8 Å². The van der Waals surface area contributed by atoms with E-state index < -0.39 is 17.6 Å². The van der Waals surface area contributed by atoms with Crippen molar-refractivity contribution in [2.75, 3.05) is 0 Å². The molecule has 0 radical (unpaired) electrons. The largest absolute Gasteiger partial charge is 0.478 e. The number of rotatable bonds is 2. The smallest absolute Gasteiger partial charge is 0.336 e. The first kappa shape index (κ1) is 13.5. The summed E-state index contributed by atoms with van der Waals surface area (Å²) in [6.45, 7) is 1.43. The third-order valence-corrected chi connectivity index (χ3v) is 2.99. The molecule has 0 unspecified atom stereocenters. The first-order valence-electron chi connectivity index (χ1n) is 5.39. The Kier molecular flexibility index (Phi) is 3.53. The fourth-order valence-corrected chi connectivity index (χ4v) is 1.95. The number of aryl methyl sites for hydroxylation is 1. The Bertz CT molecular complexity index is 669. The lowest BCUT2D eigenvalue weighted by Gasteiger charge is -2.09. The molecule has 0 atom stereocenters. The van der Waals surface area contributed by atoms with Crippen LogP contribution in [0.2, 0.25) is 5.02 Å². The molecule has 0 aliphatic heterocycles. The molecule has 0 spiro atoms. The van der Waals surface area contributed by atoms with E-state index >= 15 is 0 Å². The van der Waals surface area contributed by atoms with Crippen molar-refractivity contribution in [2.45, 2.75) is 6.92 Å². The van der Waals surface area contributed by atoms with Gasteiger partial charge in [0.1, 0.15) is 11.6 Å². The van der Waals surface area contributed by atoms with E-state index in [1.54, 1.807) is 0 Å². The number of carboxylic acids is 1.